The van der Waals surface area contributed by atoms with Gasteiger partial charge in [0.15, 0.2) is 9.84 Å². The Bertz CT molecular complexity index is 438. The first-order chi connectivity index (χ1) is 6.87. The van der Waals surface area contributed by atoms with Crippen molar-refractivity contribution in [2.24, 2.45) is 0 Å². The summed E-state index contributed by atoms with van der Waals surface area (Å²) in [6, 6.07) is 7.09. The van der Waals surface area contributed by atoms with E-state index < -0.39 is 15.1 Å². The Morgan fingerprint density at radius 2 is 1.67 bits per heavy atom. The first-order valence-corrected chi connectivity index (χ1v) is 6.55. The van der Waals surface area contributed by atoms with Gasteiger partial charge in [0.05, 0.1) is 10.5 Å². The van der Waals surface area contributed by atoms with Crippen LogP contribution in [0.3, 0.4) is 0 Å². The van der Waals surface area contributed by atoms with Crippen molar-refractivity contribution >= 4 is 15.5 Å². The maximum Gasteiger partial charge on any atom is 0.159 e. The van der Waals surface area contributed by atoms with Crippen LogP contribution in [0.25, 0.3) is 0 Å². The van der Waals surface area contributed by atoms with E-state index in [9.17, 15) is 8.42 Å². The fourth-order valence-electron chi connectivity index (χ4n) is 1.47. The van der Waals surface area contributed by atoms with Gasteiger partial charge in [0, 0.05) is 5.69 Å². The summed E-state index contributed by atoms with van der Waals surface area (Å²) >= 11 is 0. The average molecular weight is 227 g/mol. The highest BCUT2D eigenvalue weighted by molar-refractivity contribution is 7.92. The highest BCUT2D eigenvalue weighted by atomic mass is 32.2. The molecule has 0 aliphatic rings. The van der Waals surface area contributed by atoms with E-state index in [-0.39, 0.29) is 5.25 Å². The summed E-state index contributed by atoms with van der Waals surface area (Å²) in [6.07, 6.45) is 0. The van der Waals surface area contributed by atoms with E-state index in [0.717, 1.165) is 0 Å². The molecule has 1 rings (SSSR count). The standard InChI is InChI=1S/C11H17NO2S/c1-8(2)15(13,14)9(3)10-6-4-5-7-11(10)12/h4-9H,12H2,1-3H3. The molecule has 0 radical (unpaired) electrons. The highest BCUT2D eigenvalue weighted by Crippen LogP contribution is 2.29. The lowest BCUT2D eigenvalue weighted by molar-refractivity contribution is 0.577. The van der Waals surface area contributed by atoms with Crippen LogP contribution in [0.15, 0.2) is 24.3 Å². The van der Waals surface area contributed by atoms with Crippen molar-refractivity contribution in [1.29, 1.82) is 0 Å². The smallest absolute Gasteiger partial charge is 0.159 e. The SMILES string of the molecule is CC(C)S(=O)(=O)C(C)c1ccccc1N. The minimum Gasteiger partial charge on any atom is -0.398 e. The van der Waals surface area contributed by atoms with E-state index in [2.05, 4.69) is 0 Å². The van der Waals surface area contributed by atoms with Gasteiger partial charge in [-0.25, -0.2) is 8.42 Å². The second-order valence-corrected chi connectivity index (χ2v) is 6.74. The number of nitrogens with two attached hydrogens (primary N) is 1. The Morgan fingerprint density at radius 3 is 2.13 bits per heavy atom. The number of rotatable bonds is 3. The molecule has 2 N–H and O–H groups in total. The summed E-state index contributed by atoms with van der Waals surface area (Å²) in [4.78, 5) is 0. The van der Waals surface area contributed by atoms with E-state index in [1.54, 1.807) is 45.0 Å². The fourth-order valence-corrected chi connectivity index (χ4v) is 2.85. The number of hydrogen-bond acceptors (Lipinski definition) is 3. The first-order valence-electron chi connectivity index (χ1n) is 4.94. The Morgan fingerprint density at radius 1 is 1.13 bits per heavy atom. The van der Waals surface area contributed by atoms with E-state index >= 15 is 0 Å². The molecule has 4 heteroatoms. The second-order valence-electron chi connectivity index (χ2n) is 3.91. The molecule has 3 nitrogen and oxygen atoms in total. The minimum atomic E-state index is -3.13. The summed E-state index contributed by atoms with van der Waals surface area (Å²) in [5.41, 5.74) is 6.98. The zero-order chi connectivity index (χ0) is 11.6. The number of nitrogen functional groups attached to an aromatic ring is 1. The Kier molecular flexibility index (Phi) is 3.39. The Labute approximate surface area is 91.2 Å². The number of hydrogen-bond donors (Lipinski definition) is 1. The molecule has 0 spiro atoms. The monoisotopic (exact) mass is 227 g/mol. The summed E-state index contributed by atoms with van der Waals surface area (Å²) in [5.74, 6) is 0. The van der Waals surface area contributed by atoms with Gasteiger partial charge in [-0.3, -0.25) is 0 Å². The number of para-hydroxylation sites is 1. The van der Waals surface area contributed by atoms with Crippen LogP contribution < -0.4 is 5.73 Å². The van der Waals surface area contributed by atoms with Crippen molar-refractivity contribution in [2.45, 2.75) is 31.3 Å². The molecule has 0 aliphatic heterocycles. The maximum absolute atomic E-state index is 11.9. The molecule has 0 saturated heterocycles. The van der Waals surface area contributed by atoms with E-state index in [1.807, 2.05) is 0 Å². The van der Waals surface area contributed by atoms with Gasteiger partial charge < -0.3 is 5.73 Å². The quantitative estimate of drug-likeness (QED) is 0.805. The van der Waals surface area contributed by atoms with Gasteiger partial charge in [0.2, 0.25) is 0 Å². The van der Waals surface area contributed by atoms with Gasteiger partial charge in [-0.1, -0.05) is 18.2 Å². The van der Waals surface area contributed by atoms with Crippen molar-refractivity contribution in [3.63, 3.8) is 0 Å². The van der Waals surface area contributed by atoms with Crippen LogP contribution in [0.2, 0.25) is 0 Å². The molecule has 1 aromatic rings. The maximum atomic E-state index is 11.9. The lowest BCUT2D eigenvalue weighted by Gasteiger charge is -2.17. The third-order valence-corrected chi connectivity index (χ3v) is 5.14. The van der Waals surface area contributed by atoms with Crippen LogP contribution in [-0.2, 0) is 9.84 Å². The molecule has 1 unspecified atom stereocenters. The van der Waals surface area contributed by atoms with Gasteiger partial charge in [-0.05, 0) is 32.4 Å². The zero-order valence-corrected chi connectivity index (χ0v) is 10.1. The molecule has 0 bridgehead atoms. The van der Waals surface area contributed by atoms with Gasteiger partial charge >= 0.3 is 0 Å². The third-order valence-electron chi connectivity index (χ3n) is 2.58. The molecule has 0 fully saturated rings. The van der Waals surface area contributed by atoms with Crippen LogP contribution >= 0.6 is 0 Å². The summed E-state index contributed by atoms with van der Waals surface area (Å²) in [5, 5.41) is -0.925. The summed E-state index contributed by atoms with van der Waals surface area (Å²) in [7, 11) is -3.13. The van der Waals surface area contributed by atoms with Crippen molar-refractivity contribution in [3.8, 4) is 0 Å². The van der Waals surface area contributed by atoms with Crippen molar-refractivity contribution in [1.82, 2.24) is 0 Å². The topological polar surface area (TPSA) is 60.2 Å². The van der Waals surface area contributed by atoms with Crippen molar-refractivity contribution in [2.75, 3.05) is 5.73 Å². The zero-order valence-electron chi connectivity index (χ0n) is 9.27. The largest absolute Gasteiger partial charge is 0.398 e. The molecule has 15 heavy (non-hydrogen) atoms. The molecule has 0 aromatic heterocycles. The molecule has 84 valence electrons. The lowest BCUT2D eigenvalue weighted by atomic mass is 10.1. The van der Waals surface area contributed by atoms with Crippen LogP contribution in [0.1, 0.15) is 31.6 Å². The van der Waals surface area contributed by atoms with Gasteiger partial charge in [0.25, 0.3) is 0 Å². The molecular weight excluding hydrogens is 210 g/mol. The molecular formula is C11H17NO2S. The molecule has 0 saturated carbocycles. The fraction of sp³-hybridized carbons (Fsp3) is 0.455. The predicted octanol–water partition coefficient (Wildman–Crippen LogP) is 2.15. The average Bonchev–Trinajstić information content (AvgIpc) is 2.17. The van der Waals surface area contributed by atoms with E-state index in [1.165, 1.54) is 0 Å². The highest BCUT2D eigenvalue weighted by Gasteiger charge is 2.27. The van der Waals surface area contributed by atoms with Crippen molar-refractivity contribution < 1.29 is 8.42 Å². The van der Waals surface area contributed by atoms with Gasteiger partial charge in [0.1, 0.15) is 0 Å². The van der Waals surface area contributed by atoms with Crippen molar-refractivity contribution in [3.05, 3.63) is 29.8 Å². The summed E-state index contributed by atoms with van der Waals surface area (Å²) in [6.45, 7) is 5.05. The van der Waals surface area contributed by atoms with Gasteiger partial charge in [-0.15, -0.1) is 0 Å². The normalized spacial score (nSPS) is 14.1. The Balaban J connectivity index is 3.17. The molecule has 1 atom stereocenters. The third kappa shape index (κ3) is 2.31. The van der Waals surface area contributed by atoms with Crippen LogP contribution in [0, 0.1) is 0 Å². The molecule has 1 aromatic carbocycles. The lowest BCUT2D eigenvalue weighted by Crippen LogP contribution is -2.20. The van der Waals surface area contributed by atoms with Crippen LogP contribution in [0.5, 0.6) is 0 Å². The second kappa shape index (κ2) is 4.23. The van der Waals surface area contributed by atoms with E-state index in [4.69, 9.17) is 5.73 Å². The van der Waals surface area contributed by atoms with E-state index in [0.29, 0.717) is 11.3 Å². The first kappa shape index (κ1) is 12.0. The number of sulfone groups is 1. The predicted molar refractivity (Wildman–Crippen MR) is 63.3 cm³/mol. The number of benzene rings is 1. The number of anilines is 1. The van der Waals surface area contributed by atoms with Crippen LogP contribution in [-0.4, -0.2) is 13.7 Å². The molecule has 0 amide bonds. The van der Waals surface area contributed by atoms with Gasteiger partial charge in [-0.2, -0.15) is 0 Å². The van der Waals surface area contributed by atoms with Crippen LogP contribution in [0.4, 0.5) is 5.69 Å². The molecule has 0 aliphatic carbocycles. The minimum absolute atomic E-state index is 0.382. The molecule has 0 heterocycles. The summed E-state index contributed by atoms with van der Waals surface area (Å²) < 4.78 is 23.9. The Hall–Kier alpha value is -1.03.